The molecule has 1 fully saturated rings. The van der Waals surface area contributed by atoms with E-state index in [2.05, 4.69) is 4.98 Å². The minimum absolute atomic E-state index is 0.285. The van der Waals surface area contributed by atoms with E-state index in [0.29, 0.717) is 17.7 Å². The van der Waals surface area contributed by atoms with Gasteiger partial charge in [0.05, 0.1) is 19.4 Å². The fourth-order valence-electron chi connectivity index (χ4n) is 1.41. The van der Waals surface area contributed by atoms with Crippen LogP contribution in [-0.4, -0.2) is 23.8 Å². The zero-order valence-corrected chi connectivity index (χ0v) is 10.8. The summed E-state index contributed by atoms with van der Waals surface area (Å²) in [5, 5.41) is 0. The van der Waals surface area contributed by atoms with Gasteiger partial charge in [0.1, 0.15) is 11.4 Å². The Kier molecular flexibility index (Phi) is 3.13. The monoisotopic (exact) mass is 237 g/mol. The second-order valence-corrected chi connectivity index (χ2v) is 5.21. The second kappa shape index (κ2) is 4.43. The molecule has 0 saturated heterocycles. The van der Waals surface area contributed by atoms with Crippen molar-refractivity contribution in [3.05, 3.63) is 12.3 Å². The number of nitrogens with zero attached hydrogens (tertiary/aromatic N) is 1. The molecule has 4 nitrogen and oxygen atoms in total. The van der Waals surface area contributed by atoms with Crippen molar-refractivity contribution in [1.82, 2.24) is 4.98 Å². The molecular formula is C13H19NO3. The van der Waals surface area contributed by atoms with Gasteiger partial charge in [-0.1, -0.05) is 0 Å². The van der Waals surface area contributed by atoms with Gasteiger partial charge in [-0.3, -0.25) is 0 Å². The van der Waals surface area contributed by atoms with Gasteiger partial charge in [-0.15, -0.1) is 0 Å². The molecule has 0 atom stereocenters. The number of pyridine rings is 1. The van der Waals surface area contributed by atoms with Crippen LogP contribution in [-0.2, 0) is 0 Å². The Hall–Kier alpha value is -1.45. The van der Waals surface area contributed by atoms with Crippen LogP contribution < -0.4 is 14.2 Å². The molecule has 1 aromatic rings. The first-order valence-corrected chi connectivity index (χ1v) is 5.87. The number of hydrogen-bond donors (Lipinski definition) is 0. The van der Waals surface area contributed by atoms with Gasteiger partial charge in [0.15, 0.2) is 5.75 Å². The molecule has 0 spiro atoms. The maximum Gasteiger partial charge on any atom is 0.257 e. The van der Waals surface area contributed by atoms with Crippen LogP contribution in [0.3, 0.4) is 0 Å². The van der Waals surface area contributed by atoms with E-state index >= 15 is 0 Å². The first-order valence-electron chi connectivity index (χ1n) is 5.87. The molecular weight excluding hydrogens is 218 g/mol. The summed E-state index contributed by atoms with van der Waals surface area (Å²) in [5.41, 5.74) is -0.285. The van der Waals surface area contributed by atoms with Crippen molar-refractivity contribution in [3.8, 4) is 17.4 Å². The van der Waals surface area contributed by atoms with Crippen molar-refractivity contribution in [2.24, 2.45) is 0 Å². The van der Waals surface area contributed by atoms with E-state index < -0.39 is 0 Å². The summed E-state index contributed by atoms with van der Waals surface area (Å²) >= 11 is 0. The quantitative estimate of drug-likeness (QED) is 0.807. The van der Waals surface area contributed by atoms with Crippen molar-refractivity contribution in [2.75, 3.05) is 7.11 Å². The predicted molar refractivity (Wildman–Crippen MR) is 64.8 cm³/mol. The van der Waals surface area contributed by atoms with Crippen molar-refractivity contribution >= 4 is 0 Å². The molecule has 1 aromatic heterocycles. The highest BCUT2D eigenvalue weighted by Gasteiger charge is 2.24. The SMILES string of the molecule is COc1ncc(OC2CC2)cc1OC(C)(C)C. The van der Waals surface area contributed by atoms with Crippen LogP contribution in [0, 0.1) is 0 Å². The average molecular weight is 237 g/mol. The van der Waals surface area contributed by atoms with Gasteiger partial charge in [0, 0.05) is 6.07 Å². The van der Waals surface area contributed by atoms with Gasteiger partial charge in [-0.05, 0) is 33.6 Å². The van der Waals surface area contributed by atoms with Gasteiger partial charge < -0.3 is 14.2 Å². The molecule has 94 valence electrons. The molecule has 0 bridgehead atoms. The summed E-state index contributed by atoms with van der Waals surface area (Å²) < 4.78 is 16.7. The number of hydrogen-bond acceptors (Lipinski definition) is 4. The zero-order chi connectivity index (χ0) is 12.5. The van der Waals surface area contributed by atoms with Crippen LogP contribution in [0.4, 0.5) is 0 Å². The molecule has 1 aliphatic rings. The molecule has 0 amide bonds. The third-order valence-corrected chi connectivity index (χ3v) is 2.23. The summed E-state index contributed by atoms with van der Waals surface area (Å²) in [7, 11) is 1.58. The number of ether oxygens (including phenoxy) is 3. The van der Waals surface area contributed by atoms with Crippen LogP contribution in [0.5, 0.6) is 17.4 Å². The summed E-state index contributed by atoms with van der Waals surface area (Å²) in [5.74, 6) is 1.86. The molecule has 17 heavy (non-hydrogen) atoms. The van der Waals surface area contributed by atoms with E-state index in [-0.39, 0.29) is 5.60 Å². The first kappa shape index (κ1) is 12.0. The summed E-state index contributed by atoms with van der Waals surface area (Å²) in [6.07, 6.45) is 4.28. The van der Waals surface area contributed by atoms with Crippen molar-refractivity contribution in [2.45, 2.75) is 45.3 Å². The Bertz CT molecular complexity index is 394. The molecule has 0 aromatic carbocycles. The van der Waals surface area contributed by atoms with Gasteiger partial charge in [0.25, 0.3) is 5.88 Å². The highest BCUT2D eigenvalue weighted by Crippen LogP contribution is 2.34. The van der Waals surface area contributed by atoms with Crippen molar-refractivity contribution in [3.63, 3.8) is 0 Å². The predicted octanol–water partition coefficient (Wildman–Crippen LogP) is 2.81. The molecule has 2 rings (SSSR count). The molecule has 4 heteroatoms. The lowest BCUT2D eigenvalue weighted by molar-refractivity contribution is 0.123. The second-order valence-electron chi connectivity index (χ2n) is 5.21. The third-order valence-electron chi connectivity index (χ3n) is 2.23. The maximum absolute atomic E-state index is 5.80. The topological polar surface area (TPSA) is 40.6 Å². The smallest absolute Gasteiger partial charge is 0.257 e. The van der Waals surface area contributed by atoms with Gasteiger partial charge in [0.2, 0.25) is 0 Å². The third kappa shape index (κ3) is 3.51. The Morgan fingerprint density at radius 1 is 1.29 bits per heavy atom. The molecule has 0 unspecified atom stereocenters. The molecule has 1 heterocycles. The van der Waals surface area contributed by atoms with Crippen molar-refractivity contribution < 1.29 is 14.2 Å². The van der Waals surface area contributed by atoms with Crippen LogP contribution in [0.25, 0.3) is 0 Å². The summed E-state index contributed by atoms with van der Waals surface area (Å²) in [6, 6.07) is 1.84. The van der Waals surface area contributed by atoms with Gasteiger partial charge in [-0.25, -0.2) is 4.98 Å². The standard InChI is InChI=1S/C13H19NO3/c1-13(2,3)17-11-7-10(16-9-5-6-9)8-14-12(11)15-4/h7-9H,5-6H2,1-4H3. The summed E-state index contributed by atoms with van der Waals surface area (Å²) in [6.45, 7) is 5.96. The van der Waals surface area contributed by atoms with E-state index in [1.165, 1.54) is 0 Å². The Morgan fingerprint density at radius 2 is 2.00 bits per heavy atom. The Balaban J connectivity index is 2.18. The largest absolute Gasteiger partial charge is 0.489 e. The van der Waals surface area contributed by atoms with Crippen LogP contribution in [0.2, 0.25) is 0 Å². The van der Waals surface area contributed by atoms with Crippen LogP contribution in [0.15, 0.2) is 12.3 Å². The normalized spacial score (nSPS) is 15.5. The number of aromatic nitrogens is 1. The molecule has 0 radical (unpaired) electrons. The number of rotatable bonds is 4. The van der Waals surface area contributed by atoms with Gasteiger partial charge >= 0.3 is 0 Å². The Labute approximate surface area is 102 Å². The van der Waals surface area contributed by atoms with E-state index in [0.717, 1.165) is 18.6 Å². The zero-order valence-electron chi connectivity index (χ0n) is 10.8. The molecule has 0 N–H and O–H groups in total. The number of methoxy groups -OCH3 is 1. The molecule has 0 aliphatic heterocycles. The van der Waals surface area contributed by atoms with E-state index in [4.69, 9.17) is 14.2 Å². The van der Waals surface area contributed by atoms with E-state index in [1.54, 1.807) is 13.3 Å². The minimum Gasteiger partial charge on any atom is -0.489 e. The molecule has 1 aliphatic carbocycles. The molecule has 1 saturated carbocycles. The van der Waals surface area contributed by atoms with E-state index in [9.17, 15) is 0 Å². The van der Waals surface area contributed by atoms with Crippen LogP contribution in [0.1, 0.15) is 33.6 Å². The lowest BCUT2D eigenvalue weighted by atomic mass is 10.2. The Morgan fingerprint density at radius 3 is 2.53 bits per heavy atom. The minimum atomic E-state index is -0.285. The van der Waals surface area contributed by atoms with Crippen LogP contribution >= 0.6 is 0 Å². The summed E-state index contributed by atoms with van der Waals surface area (Å²) in [4.78, 5) is 4.19. The van der Waals surface area contributed by atoms with Crippen molar-refractivity contribution in [1.29, 1.82) is 0 Å². The lowest BCUT2D eigenvalue weighted by Gasteiger charge is -2.22. The average Bonchev–Trinajstić information content (AvgIpc) is 3.00. The van der Waals surface area contributed by atoms with E-state index in [1.807, 2.05) is 26.8 Å². The highest BCUT2D eigenvalue weighted by molar-refractivity contribution is 5.39. The fourth-order valence-corrected chi connectivity index (χ4v) is 1.41. The van der Waals surface area contributed by atoms with Gasteiger partial charge in [-0.2, -0.15) is 0 Å². The fraction of sp³-hybridized carbons (Fsp3) is 0.615. The highest BCUT2D eigenvalue weighted by atomic mass is 16.5. The lowest BCUT2D eigenvalue weighted by Crippen LogP contribution is -2.23. The first-order chi connectivity index (χ1) is 7.98. The maximum atomic E-state index is 5.80.